The number of hydrogen-bond acceptors (Lipinski definition) is 4. The molecule has 0 fully saturated rings. The van der Waals surface area contributed by atoms with E-state index in [-0.39, 0.29) is 24.2 Å². The number of carbonyl (C=O) groups is 3. The molecule has 0 bridgehead atoms. The molecule has 0 saturated carbocycles. The summed E-state index contributed by atoms with van der Waals surface area (Å²) in [6, 6.07) is 14.4. The molecule has 2 atom stereocenters. The SMILES string of the molecule is COC(=O)[C@@H]1Cc2ccccc2C[NH+]1CC(=O)Nc1ccccc1C(C)=O. The van der Waals surface area contributed by atoms with Gasteiger partial charge in [-0.3, -0.25) is 9.59 Å². The molecule has 2 aromatic carbocycles. The highest BCUT2D eigenvalue weighted by Gasteiger charge is 2.37. The highest BCUT2D eigenvalue weighted by molar-refractivity contribution is 6.03. The first kappa shape index (κ1) is 18.8. The highest BCUT2D eigenvalue weighted by Crippen LogP contribution is 2.16. The lowest BCUT2D eigenvalue weighted by Gasteiger charge is -2.31. The van der Waals surface area contributed by atoms with Crippen molar-refractivity contribution >= 4 is 23.3 Å². The molecule has 0 aromatic heterocycles. The molecule has 140 valence electrons. The molecule has 2 N–H and O–H groups in total. The minimum atomic E-state index is -0.432. The number of amides is 1. The molecule has 1 unspecified atom stereocenters. The molecule has 1 amide bonds. The van der Waals surface area contributed by atoms with Gasteiger partial charge >= 0.3 is 5.97 Å². The van der Waals surface area contributed by atoms with Gasteiger partial charge in [0, 0.05) is 17.5 Å². The molecule has 0 saturated heterocycles. The molecule has 2 aromatic rings. The topological polar surface area (TPSA) is 76.9 Å². The van der Waals surface area contributed by atoms with E-state index in [9.17, 15) is 14.4 Å². The lowest BCUT2D eigenvalue weighted by atomic mass is 9.94. The fourth-order valence-corrected chi connectivity index (χ4v) is 3.54. The summed E-state index contributed by atoms with van der Waals surface area (Å²) in [7, 11) is 1.36. The highest BCUT2D eigenvalue weighted by atomic mass is 16.5. The van der Waals surface area contributed by atoms with Crippen LogP contribution in [0.3, 0.4) is 0 Å². The largest absolute Gasteiger partial charge is 0.465 e. The van der Waals surface area contributed by atoms with Crippen molar-refractivity contribution in [2.24, 2.45) is 0 Å². The van der Waals surface area contributed by atoms with Crippen molar-refractivity contribution in [3.05, 3.63) is 65.2 Å². The van der Waals surface area contributed by atoms with Crippen LogP contribution in [0, 0.1) is 0 Å². The van der Waals surface area contributed by atoms with E-state index in [2.05, 4.69) is 5.32 Å². The van der Waals surface area contributed by atoms with E-state index in [1.807, 2.05) is 24.3 Å². The first-order valence-electron chi connectivity index (χ1n) is 8.88. The van der Waals surface area contributed by atoms with Gasteiger partial charge in [0.05, 0.1) is 12.8 Å². The van der Waals surface area contributed by atoms with E-state index in [1.54, 1.807) is 24.3 Å². The molecule has 3 rings (SSSR count). The summed E-state index contributed by atoms with van der Waals surface area (Å²) >= 11 is 0. The van der Waals surface area contributed by atoms with E-state index in [4.69, 9.17) is 4.74 Å². The van der Waals surface area contributed by atoms with Crippen molar-refractivity contribution in [1.29, 1.82) is 0 Å². The van der Waals surface area contributed by atoms with Crippen molar-refractivity contribution in [3.8, 4) is 0 Å². The molecule has 1 aliphatic rings. The van der Waals surface area contributed by atoms with Gasteiger partial charge in [0.15, 0.2) is 18.4 Å². The Morgan fingerprint density at radius 1 is 1.07 bits per heavy atom. The number of quaternary nitrogens is 1. The zero-order chi connectivity index (χ0) is 19.4. The Morgan fingerprint density at radius 2 is 1.74 bits per heavy atom. The number of para-hydroxylation sites is 1. The predicted octanol–water partition coefficient (Wildman–Crippen LogP) is 1.01. The Bertz CT molecular complexity index is 878. The van der Waals surface area contributed by atoms with E-state index >= 15 is 0 Å². The molecule has 0 spiro atoms. The van der Waals surface area contributed by atoms with Crippen LogP contribution in [-0.2, 0) is 27.3 Å². The van der Waals surface area contributed by atoms with E-state index in [0.717, 1.165) is 16.0 Å². The van der Waals surface area contributed by atoms with E-state index in [0.29, 0.717) is 24.2 Å². The van der Waals surface area contributed by atoms with Gasteiger partial charge < -0.3 is 15.0 Å². The lowest BCUT2D eigenvalue weighted by Crippen LogP contribution is -3.17. The lowest BCUT2D eigenvalue weighted by molar-refractivity contribution is -0.924. The number of anilines is 1. The zero-order valence-electron chi connectivity index (χ0n) is 15.5. The van der Waals surface area contributed by atoms with Gasteiger partial charge in [-0.1, -0.05) is 36.4 Å². The van der Waals surface area contributed by atoms with Crippen LogP contribution in [0.15, 0.2) is 48.5 Å². The summed E-state index contributed by atoms with van der Waals surface area (Å²) in [5, 5.41) is 2.81. The number of methoxy groups -OCH3 is 1. The number of ketones is 1. The number of hydrogen-bond donors (Lipinski definition) is 2. The van der Waals surface area contributed by atoms with E-state index < -0.39 is 6.04 Å². The fourth-order valence-electron chi connectivity index (χ4n) is 3.54. The van der Waals surface area contributed by atoms with Crippen LogP contribution < -0.4 is 10.2 Å². The predicted molar refractivity (Wildman–Crippen MR) is 101 cm³/mol. The van der Waals surface area contributed by atoms with Gasteiger partial charge in [-0.05, 0) is 24.6 Å². The third kappa shape index (κ3) is 4.23. The van der Waals surface area contributed by atoms with Crippen molar-refractivity contribution in [1.82, 2.24) is 0 Å². The molecule has 0 radical (unpaired) electrons. The van der Waals surface area contributed by atoms with Crippen molar-refractivity contribution in [2.45, 2.75) is 25.9 Å². The number of benzene rings is 2. The minimum absolute atomic E-state index is 0.111. The molecule has 27 heavy (non-hydrogen) atoms. The summed E-state index contributed by atoms with van der Waals surface area (Å²) in [6.45, 7) is 2.14. The summed E-state index contributed by atoms with van der Waals surface area (Å²) in [5.74, 6) is -0.680. The third-order valence-electron chi connectivity index (χ3n) is 4.91. The maximum absolute atomic E-state index is 12.6. The average molecular weight is 367 g/mol. The second-order valence-electron chi connectivity index (χ2n) is 6.71. The molecule has 1 aliphatic heterocycles. The number of Topliss-reactive ketones (excluding diaryl/α,β-unsaturated/α-hetero) is 1. The number of esters is 1. The van der Waals surface area contributed by atoms with Crippen LogP contribution in [0.5, 0.6) is 0 Å². The Balaban J connectivity index is 1.77. The van der Waals surface area contributed by atoms with Crippen LogP contribution in [0.2, 0.25) is 0 Å². The van der Waals surface area contributed by atoms with Gasteiger partial charge in [-0.15, -0.1) is 0 Å². The first-order chi connectivity index (χ1) is 13.0. The van der Waals surface area contributed by atoms with Gasteiger partial charge in [0.1, 0.15) is 6.54 Å². The standard InChI is InChI=1S/C21H22N2O4/c1-14(24)17-9-5-6-10-18(17)22-20(25)13-23-12-16-8-4-3-7-15(16)11-19(23)21(26)27-2/h3-10,19H,11-13H2,1-2H3,(H,22,25)/p+1/t19-/m0/s1. The third-order valence-corrected chi connectivity index (χ3v) is 4.91. The summed E-state index contributed by atoms with van der Waals surface area (Å²) in [5.41, 5.74) is 3.19. The summed E-state index contributed by atoms with van der Waals surface area (Å²) in [4.78, 5) is 37.4. The second-order valence-corrected chi connectivity index (χ2v) is 6.71. The van der Waals surface area contributed by atoms with Gasteiger partial charge in [0.2, 0.25) is 0 Å². The van der Waals surface area contributed by atoms with E-state index in [1.165, 1.54) is 14.0 Å². The quantitative estimate of drug-likeness (QED) is 0.611. The van der Waals surface area contributed by atoms with Gasteiger partial charge in [0.25, 0.3) is 5.91 Å². The number of carbonyl (C=O) groups excluding carboxylic acids is 3. The Hall–Kier alpha value is -2.99. The smallest absolute Gasteiger partial charge is 0.365 e. The number of rotatable bonds is 5. The van der Waals surface area contributed by atoms with Gasteiger partial charge in [-0.25, -0.2) is 4.79 Å². The van der Waals surface area contributed by atoms with Crippen LogP contribution in [0.4, 0.5) is 5.69 Å². The second kappa shape index (κ2) is 8.14. The maximum atomic E-state index is 12.6. The fraction of sp³-hybridized carbons (Fsp3) is 0.286. The van der Waals surface area contributed by atoms with Crippen LogP contribution in [-0.4, -0.2) is 37.4 Å². The number of fused-ring (bicyclic) bond motifs is 1. The van der Waals surface area contributed by atoms with Crippen LogP contribution in [0.1, 0.15) is 28.4 Å². The van der Waals surface area contributed by atoms with Crippen molar-refractivity contribution < 1.29 is 24.0 Å². The minimum Gasteiger partial charge on any atom is -0.465 e. The molecule has 6 heteroatoms. The molecular weight excluding hydrogens is 344 g/mol. The van der Waals surface area contributed by atoms with Crippen LogP contribution >= 0.6 is 0 Å². The molecule has 0 aliphatic carbocycles. The Morgan fingerprint density at radius 3 is 2.44 bits per heavy atom. The average Bonchev–Trinajstić information content (AvgIpc) is 2.67. The maximum Gasteiger partial charge on any atom is 0.365 e. The molecular formula is C21H23N2O4+. The summed E-state index contributed by atoms with van der Waals surface area (Å²) in [6.07, 6.45) is 0.537. The van der Waals surface area contributed by atoms with Crippen molar-refractivity contribution in [2.75, 3.05) is 19.0 Å². The molecule has 6 nitrogen and oxygen atoms in total. The monoisotopic (exact) mass is 367 g/mol. The molecule has 1 heterocycles. The van der Waals surface area contributed by atoms with Crippen molar-refractivity contribution in [3.63, 3.8) is 0 Å². The Kier molecular flexibility index (Phi) is 5.66. The number of nitrogens with one attached hydrogen (secondary N) is 2. The summed E-state index contributed by atoms with van der Waals surface area (Å²) < 4.78 is 4.95. The van der Waals surface area contributed by atoms with Crippen LogP contribution in [0.25, 0.3) is 0 Å². The number of ether oxygens (including phenoxy) is 1. The van der Waals surface area contributed by atoms with Gasteiger partial charge in [-0.2, -0.15) is 0 Å². The first-order valence-corrected chi connectivity index (χ1v) is 8.88. The Labute approximate surface area is 158 Å². The zero-order valence-corrected chi connectivity index (χ0v) is 15.5. The normalized spacial score (nSPS) is 18.3.